The molecule has 0 spiro atoms. The maximum Gasteiger partial charge on any atom is 0.229 e. The van der Waals surface area contributed by atoms with Crippen LogP contribution in [0.4, 0.5) is 0 Å². The minimum absolute atomic E-state index is 0.00829. The van der Waals surface area contributed by atoms with E-state index in [0.717, 1.165) is 0 Å². The van der Waals surface area contributed by atoms with Crippen molar-refractivity contribution < 1.29 is 53.3 Å². The zero-order chi connectivity index (χ0) is 26.9. The van der Waals surface area contributed by atoms with Crippen molar-refractivity contribution in [1.82, 2.24) is 0 Å². The maximum atomic E-state index is 13.3. The smallest absolute Gasteiger partial charge is 0.229 e. The second-order valence-corrected chi connectivity index (χ2v) is 8.20. The van der Waals surface area contributed by atoms with Gasteiger partial charge in [-0.1, -0.05) is 0 Å². The fourth-order valence-corrected chi connectivity index (χ4v) is 4.09. The van der Waals surface area contributed by atoms with Gasteiger partial charge in [0.15, 0.2) is 16.9 Å². The zero-order valence-corrected chi connectivity index (χ0v) is 20.5. The Morgan fingerprint density at radius 1 is 0.811 bits per heavy atom. The Kier molecular flexibility index (Phi) is 7.76. The molecule has 2 aromatic carbocycles. The lowest BCUT2D eigenvalue weighted by molar-refractivity contribution is -0.277. The summed E-state index contributed by atoms with van der Waals surface area (Å²) in [7, 11) is 5.80. The highest BCUT2D eigenvalue weighted by atomic mass is 16.7. The third-order valence-electron chi connectivity index (χ3n) is 6.04. The van der Waals surface area contributed by atoms with Crippen LogP contribution in [0.15, 0.2) is 39.5 Å². The summed E-state index contributed by atoms with van der Waals surface area (Å²) in [6.45, 7) is -0.635. The van der Waals surface area contributed by atoms with Gasteiger partial charge in [-0.15, -0.1) is 0 Å². The van der Waals surface area contributed by atoms with E-state index in [-0.39, 0.29) is 28.2 Å². The summed E-state index contributed by atoms with van der Waals surface area (Å²) >= 11 is 0. The Bertz CT molecular complexity index is 1290. The molecule has 1 aliphatic rings. The molecule has 4 N–H and O–H groups in total. The molecule has 4 rings (SSSR count). The minimum Gasteiger partial charge on any atom is -0.496 e. The molecular weight excluding hydrogens is 492 g/mol. The second-order valence-electron chi connectivity index (χ2n) is 8.20. The van der Waals surface area contributed by atoms with Crippen molar-refractivity contribution in [3.63, 3.8) is 0 Å². The van der Waals surface area contributed by atoms with Crippen molar-refractivity contribution in [3.05, 3.63) is 40.6 Å². The van der Waals surface area contributed by atoms with E-state index < -0.39 is 42.7 Å². The van der Waals surface area contributed by atoms with Crippen LogP contribution in [0.5, 0.6) is 28.7 Å². The molecule has 2 unspecified atom stereocenters. The molecule has 0 saturated carbocycles. The van der Waals surface area contributed by atoms with Gasteiger partial charge >= 0.3 is 0 Å². The summed E-state index contributed by atoms with van der Waals surface area (Å²) in [6, 6.07) is 7.36. The third kappa shape index (κ3) is 4.89. The number of ether oxygens (including phenoxy) is 6. The highest BCUT2D eigenvalue weighted by Crippen LogP contribution is 2.42. The molecule has 12 heteroatoms. The molecule has 1 aromatic heterocycles. The van der Waals surface area contributed by atoms with Gasteiger partial charge in [0, 0.05) is 23.8 Å². The Hall–Kier alpha value is -3.55. The van der Waals surface area contributed by atoms with Gasteiger partial charge in [-0.3, -0.25) is 4.79 Å². The normalized spacial score (nSPS) is 23.5. The van der Waals surface area contributed by atoms with Gasteiger partial charge in [0.05, 0.1) is 35.0 Å². The number of rotatable bonds is 8. The van der Waals surface area contributed by atoms with Crippen LogP contribution >= 0.6 is 0 Å². The molecule has 3 aromatic rings. The van der Waals surface area contributed by atoms with Crippen molar-refractivity contribution in [2.75, 3.05) is 35.0 Å². The first-order chi connectivity index (χ1) is 17.8. The highest BCUT2D eigenvalue weighted by Gasteiger charge is 2.45. The molecular formula is C25H28O12. The van der Waals surface area contributed by atoms with E-state index in [0.29, 0.717) is 22.8 Å². The summed E-state index contributed by atoms with van der Waals surface area (Å²) in [4.78, 5) is 13.3. The van der Waals surface area contributed by atoms with Crippen molar-refractivity contribution in [1.29, 1.82) is 0 Å². The van der Waals surface area contributed by atoms with Gasteiger partial charge in [0.1, 0.15) is 52.6 Å². The predicted octanol–water partition coefficient (Wildman–Crippen LogP) is 0.673. The molecule has 1 aliphatic heterocycles. The number of methoxy groups -OCH3 is 4. The predicted molar refractivity (Wildman–Crippen MR) is 129 cm³/mol. The van der Waals surface area contributed by atoms with Crippen LogP contribution in [0.1, 0.15) is 0 Å². The first-order valence-corrected chi connectivity index (χ1v) is 11.2. The van der Waals surface area contributed by atoms with E-state index in [1.165, 1.54) is 46.6 Å². The van der Waals surface area contributed by atoms with Crippen LogP contribution < -0.4 is 29.1 Å². The van der Waals surface area contributed by atoms with Gasteiger partial charge in [-0.2, -0.15) is 0 Å². The Labute approximate surface area is 211 Å². The van der Waals surface area contributed by atoms with Crippen LogP contribution in [0.25, 0.3) is 22.3 Å². The molecule has 200 valence electrons. The van der Waals surface area contributed by atoms with Crippen LogP contribution in [0.2, 0.25) is 0 Å². The van der Waals surface area contributed by atoms with Gasteiger partial charge in [0.2, 0.25) is 12.0 Å². The minimum atomic E-state index is -1.68. The molecule has 0 bridgehead atoms. The molecule has 1 saturated heterocycles. The molecule has 2 heterocycles. The lowest BCUT2D eigenvalue weighted by atomic mass is 9.99. The largest absolute Gasteiger partial charge is 0.496 e. The number of hydrogen-bond donors (Lipinski definition) is 4. The van der Waals surface area contributed by atoms with Gasteiger partial charge in [0.25, 0.3) is 0 Å². The molecule has 12 nitrogen and oxygen atoms in total. The molecule has 0 radical (unpaired) electrons. The molecule has 0 amide bonds. The van der Waals surface area contributed by atoms with Crippen LogP contribution in [-0.2, 0) is 4.74 Å². The molecule has 1 fully saturated rings. The lowest BCUT2D eigenvalue weighted by Gasteiger charge is -2.39. The first-order valence-electron chi connectivity index (χ1n) is 11.2. The number of aliphatic hydroxyl groups excluding tert-OH is 4. The Morgan fingerprint density at radius 2 is 1.49 bits per heavy atom. The average molecular weight is 520 g/mol. The van der Waals surface area contributed by atoms with E-state index >= 15 is 0 Å². The van der Waals surface area contributed by atoms with Crippen molar-refractivity contribution >= 4 is 11.0 Å². The average Bonchev–Trinajstić information content (AvgIpc) is 2.91. The SMILES string of the molecule is COc1cc(O[C@@H]2OC(CO)[C@@H](O)[C@H](O)C2O)c2c(=O)cc(-c3cc(OC)c(OC)c(OC)c3)oc2c1. The highest BCUT2D eigenvalue weighted by molar-refractivity contribution is 5.86. The van der Waals surface area contributed by atoms with Crippen molar-refractivity contribution in [2.24, 2.45) is 0 Å². The molecule has 0 aliphatic carbocycles. The van der Waals surface area contributed by atoms with Gasteiger partial charge < -0.3 is 53.3 Å². The van der Waals surface area contributed by atoms with Crippen molar-refractivity contribution in [2.45, 2.75) is 30.7 Å². The Balaban J connectivity index is 1.81. The quantitative estimate of drug-likeness (QED) is 0.328. The van der Waals surface area contributed by atoms with E-state index in [2.05, 4.69) is 0 Å². The van der Waals surface area contributed by atoms with E-state index in [4.69, 9.17) is 32.8 Å². The first kappa shape index (κ1) is 26.5. The van der Waals surface area contributed by atoms with Gasteiger partial charge in [-0.25, -0.2) is 0 Å². The Morgan fingerprint density at radius 3 is 2.05 bits per heavy atom. The topological polar surface area (TPSA) is 167 Å². The maximum absolute atomic E-state index is 13.3. The standard InChI is InChI=1S/C25H28O12/c1-31-12-7-15-20(16(8-12)36-25-23(30)22(29)21(28)19(10-26)37-25)13(27)9-14(35-15)11-5-17(32-2)24(34-4)18(6-11)33-3/h5-9,19,21-23,25-26,28-30H,10H2,1-4H3/t19?,21-,22+,23?,25-/m1/s1. The summed E-state index contributed by atoms with van der Waals surface area (Å²) in [5.74, 6) is 1.47. The number of hydrogen-bond acceptors (Lipinski definition) is 12. The van der Waals surface area contributed by atoms with Crippen LogP contribution in [-0.4, -0.2) is 86.2 Å². The lowest BCUT2D eigenvalue weighted by Crippen LogP contribution is -2.60. The zero-order valence-electron chi connectivity index (χ0n) is 20.5. The van der Waals surface area contributed by atoms with E-state index in [1.54, 1.807) is 12.1 Å². The summed E-state index contributed by atoms with van der Waals surface area (Å²) < 4.78 is 38.6. The molecule has 5 atom stereocenters. The molecule has 37 heavy (non-hydrogen) atoms. The van der Waals surface area contributed by atoms with Crippen LogP contribution in [0, 0.1) is 0 Å². The number of fused-ring (bicyclic) bond motifs is 1. The summed E-state index contributed by atoms with van der Waals surface area (Å²) in [5.41, 5.74) is 0.0650. The summed E-state index contributed by atoms with van der Waals surface area (Å²) in [5, 5.41) is 40.0. The number of benzene rings is 2. The van der Waals surface area contributed by atoms with Crippen LogP contribution in [0.3, 0.4) is 0 Å². The van der Waals surface area contributed by atoms with Gasteiger partial charge in [-0.05, 0) is 12.1 Å². The third-order valence-corrected chi connectivity index (χ3v) is 6.04. The number of aliphatic hydroxyl groups is 4. The van der Waals surface area contributed by atoms with E-state index in [1.807, 2.05) is 0 Å². The second kappa shape index (κ2) is 10.8. The summed E-state index contributed by atoms with van der Waals surface area (Å²) in [6.07, 6.45) is -7.60. The fourth-order valence-electron chi connectivity index (χ4n) is 4.09. The fraction of sp³-hybridized carbons (Fsp3) is 0.400. The monoisotopic (exact) mass is 520 g/mol. The van der Waals surface area contributed by atoms with Crippen molar-refractivity contribution in [3.8, 4) is 40.1 Å². The van der Waals surface area contributed by atoms with E-state index in [9.17, 15) is 25.2 Å².